The number of thiocarbonyl (C=S) groups is 1. The number of nitrogens with one attached hydrogen (secondary N) is 1. The van der Waals surface area contributed by atoms with E-state index in [1.165, 1.54) is 0 Å². The summed E-state index contributed by atoms with van der Waals surface area (Å²) < 4.78 is 11.2. The molecule has 1 aromatic heterocycles. The van der Waals surface area contributed by atoms with Crippen molar-refractivity contribution in [2.24, 2.45) is 0 Å². The molecule has 0 radical (unpaired) electrons. The van der Waals surface area contributed by atoms with Crippen molar-refractivity contribution in [3.63, 3.8) is 0 Å². The smallest absolute Gasteiger partial charge is 0.258 e. The van der Waals surface area contributed by atoms with Crippen LogP contribution in [-0.2, 0) is 0 Å². The molecule has 2 aromatic carbocycles. The van der Waals surface area contributed by atoms with E-state index >= 15 is 0 Å². The van der Waals surface area contributed by atoms with Crippen molar-refractivity contribution in [1.29, 1.82) is 0 Å². The molecule has 164 valence electrons. The first kappa shape index (κ1) is 22.0. The molecule has 0 spiro atoms. The molecule has 0 aliphatic carbocycles. The minimum Gasteiger partial charge on any atom is -0.494 e. The number of benzene rings is 2. The van der Waals surface area contributed by atoms with E-state index in [-0.39, 0.29) is 6.04 Å². The third-order valence-corrected chi connectivity index (χ3v) is 5.74. The molecule has 0 saturated heterocycles. The minimum absolute atomic E-state index is 0.282. The number of hydrogen-bond acceptors (Lipinski definition) is 5. The molecule has 1 aliphatic heterocycles. The molecule has 0 bridgehead atoms. The van der Waals surface area contributed by atoms with Gasteiger partial charge in [0.1, 0.15) is 5.75 Å². The Kier molecular flexibility index (Phi) is 6.58. The van der Waals surface area contributed by atoms with E-state index in [2.05, 4.69) is 17.1 Å². The molecular weight excluding hydrogens is 444 g/mol. The van der Waals surface area contributed by atoms with Crippen LogP contribution in [0.4, 0.5) is 0 Å². The van der Waals surface area contributed by atoms with Gasteiger partial charge in [-0.1, -0.05) is 35.0 Å². The van der Waals surface area contributed by atoms with Crippen LogP contribution in [0.1, 0.15) is 31.3 Å². The first-order valence-corrected chi connectivity index (χ1v) is 11.0. The van der Waals surface area contributed by atoms with Gasteiger partial charge in [-0.3, -0.25) is 0 Å². The van der Waals surface area contributed by atoms with Gasteiger partial charge in [-0.2, -0.15) is 4.98 Å². The molecule has 6 nitrogen and oxygen atoms in total. The summed E-state index contributed by atoms with van der Waals surface area (Å²) in [6.07, 6.45) is 1.80. The van der Waals surface area contributed by atoms with Gasteiger partial charge < -0.3 is 19.5 Å². The van der Waals surface area contributed by atoms with Gasteiger partial charge in [0.15, 0.2) is 5.11 Å². The molecule has 3 aromatic rings. The highest BCUT2D eigenvalue weighted by molar-refractivity contribution is 7.80. The van der Waals surface area contributed by atoms with Crippen LogP contribution in [0.25, 0.3) is 17.0 Å². The van der Waals surface area contributed by atoms with Crippen LogP contribution in [0.5, 0.6) is 5.75 Å². The summed E-state index contributed by atoms with van der Waals surface area (Å²) in [6.45, 7) is 8.95. The number of allylic oxidation sites excluding steroid dienone is 1. The number of aromatic nitrogens is 2. The number of ether oxygens (including phenoxy) is 1. The normalized spacial score (nSPS) is 16.2. The zero-order valence-electron chi connectivity index (χ0n) is 17.8. The van der Waals surface area contributed by atoms with Crippen molar-refractivity contribution in [1.82, 2.24) is 20.4 Å². The summed E-state index contributed by atoms with van der Waals surface area (Å²) in [4.78, 5) is 6.66. The fraction of sp³-hybridized carbons (Fsp3) is 0.208. The van der Waals surface area contributed by atoms with Gasteiger partial charge in [0.05, 0.1) is 18.2 Å². The third kappa shape index (κ3) is 4.40. The van der Waals surface area contributed by atoms with Gasteiger partial charge in [-0.25, -0.2) is 0 Å². The van der Waals surface area contributed by atoms with Crippen molar-refractivity contribution in [3.05, 3.63) is 83.4 Å². The monoisotopic (exact) mass is 466 g/mol. The maximum Gasteiger partial charge on any atom is 0.258 e. The molecule has 32 heavy (non-hydrogen) atoms. The standard InChI is InChI=1S/C24H23ClN4O2S/c1-4-13-29-15(3)20(21(26-24(29)32)17-7-6-8-18(25)14-17)23-27-22(28-31-23)16-9-11-19(12-10-16)30-5-2/h4,6-12,14,21H,1,5,13H2,2-3H3,(H,26,32). The lowest BCUT2D eigenvalue weighted by atomic mass is 9.95. The average Bonchev–Trinajstić information content (AvgIpc) is 3.26. The Morgan fingerprint density at radius 2 is 2.06 bits per heavy atom. The van der Waals surface area contributed by atoms with Crippen molar-refractivity contribution in [2.75, 3.05) is 13.2 Å². The zero-order chi connectivity index (χ0) is 22.7. The molecule has 1 N–H and O–H groups in total. The van der Waals surface area contributed by atoms with Crippen LogP contribution in [-0.4, -0.2) is 33.3 Å². The van der Waals surface area contributed by atoms with Crippen LogP contribution >= 0.6 is 23.8 Å². The summed E-state index contributed by atoms with van der Waals surface area (Å²) in [6, 6.07) is 15.0. The summed E-state index contributed by atoms with van der Waals surface area (Å²) in [5, 5.41) is 8.85. The van der Waals surface area contributed by atoms with E-state index in [0.29, 0.717) is 35.0 Å². The van der Waals surface area contributed by atoms with Crippen molar-refractivity contribution >= 4 is 34.5 Å². The third-order valence-electron chi connectivity index (χ3n) is 5.17. The van der Waals surface area contributed by atoms with E-state index in [0.717, 1.165) is 28.1 Å². The van der Waals surface area contributed by atoms with E-state index in [1.54, 1.807) is 6.08 Å². The second-order valence-corrected chi connectivity index (χ2v) is 8.04. The van der Waals surface area contributed by atoms with Gasteiger partial charge >= 0.3 is 0 Å². The molecule has 0 saturated carbocycles. The lowest BCUT2D eigenvalue weighted by Gasteiger charge is -2.36. The minimum atomic E-state index is -0.282. The first-order chi connectivity index (χ1) is 15.5. The fourth-order valence-corrected chi connectivity index (χ4v) is 4.19. The highest BCUT2D eigenvalue weighted by atomic mass is 35.5. The number of hydrogen-bond donors (Lipinski definition) is 1. The molecule has 1 unspecified atom stereocenters. The molecule has 2 heterocycles. The van der Waals surface area contributed by atoms with E-state index in [1.807, 2.05) is 67.3 Å². The Hall–Kier alpha value is -3.16. The number of nitrogens with zero attached hydrogens (tertiary/aromatic N) is 3. The maximum absolute atomic E-state index is 6.27. The van der Waals surface area contributed by atoms with Crippen LogP contribution in [0.3, 0.4) is 0 Å². The lowest BCUT2D eigenvalue weighted by Crippen LogP contribution is -2.45. The molecule has 1 atom stereocenters. The van der Waals surface area contributed by atoms with Crippen molar-refractivity contribution < 1.29 is 9.26 Å². The SMILES string of the molecule is C=CCN1C(=S)NC(c2cccc(Cl)c2)C(c2nc(-c3ccc(OCC)cc3)no2)=C1C. The Morgan fingerprint density at radius 1 is 1.28 bits per heavy atom. The Bertz CT molecular complexity index is 1170. The van der Waals surface area contributed by atoms with Gasteiger partial charge in [-0.15, -0.1) is 6.58 Å². The van der Waals surface area contributed by atoms with Crippen molar-refractivity contribution in [3.8, 4) is 17.1 Å². The van der Waals surface area contributed by atoms with E-state index in [9.17, 15) is 0 Å². The van der Waals surface area contributed by atoms with E-state index in [4.69, 9.17) is 38.1 Å². The second kappa shape index (κ2) is 9.54. The topological polar surface area (TPSA) is 63.4 Å². The Labute approximate surface area is 197 Å². The molecule has 4 rings (SSSR count). The average molecular weight is 467 g/mol. The molecule has 1 aliphatic rings. The lowest BCUT2D eigenvalue weighted by molar-refractivity contribution is 0.340. The number of halogens is 1. The Balaban J connectivity index is 1.76. The fourth-order valence-electron chi connectivity index (χ4n) is 3.66. The first-order valence-electron chi connectivity index (χ1n) is 10.2. The summed E-state index contributed by atoms with van der Waals surface area (Å²) in [5.41, 5.74) is 3.55. The molecule has 0 fully saturated rings. The van der Waals surface area contributed by atoms with Crippen LogP contribution in [0, 0.1) is 0 Å². The summed E-state index contributed by atoms with van der Waals surface area (Å²) >= 11 is 11.9. The summed E-state index contributed by atoms with van der Waals surface area (Å²) in [7, 11) is 0. The number of rotatable bonds is 7. The predicted molar refractivity (Wildman–Crippen MR) is 130 cm³/mol. The molecule has 0 amide bonds. The summed E-state index contributed by atoms with van der Waals surface area (Å²) in [5.74, 6) is 1.71. The highest BCUT2D eigenvalue weighted by Gasteiger charge is 2.33. The van der Waals surface area contributed by atoms with Crippen LogP contribution < -0.4 is 10.1 Å². The van der Waals surface area contributed by atoms with E-state index < -0.39 is 0 Å². The van der Waals surface area contributed by atoms with Gasteiger partial charge in [0.2, 0.25) is 5.82 Å². The molecular formula is C24H23ClN4O2S. The Morgan fingerprint density at radius 3 is 2.75 bits per heavy atom. The van der Waals surface area contributed by atoms with Gasteiger partial charge in [0.25, 0.3) is 5.89 Å². The predicted octanol–water partition coefficient (Wildman–Crippen LogP) is 5.64. The zero-order valence-corrected chi connectivity index (χ0v) is 19.4. The van der Waals surface area contributed by atoms with Gasteiger partial charge in [-0.05, 0) is 68.0 Å². The van der Waals surface area contributed by atoms with Crippen molar-refractivity contribution in [2.45, 2.75) is 19.9 Å². The maximum atomic E-state index is 6.27. The highest BCUT2D eigenvalue weighted by Crippen LogP contribution is 2.38. The largest absolute Gasteiger partial charge is 0.494 e. The second-order valence-electron chi connectivity index (χ2n) is 7.22. The quantitative estimate of drug-likeness (QED) is 0.357. The van der Waals surface area contributed by atoms with Crippen LogP contribution in [0.2, 0.25) is 5.02 Å². The van der Waals surface area contributed by atoms with Gasteiger partial charge in [0, 0.05) is 22.8 Å². The van der Waals surface area contributed by atoms with Crippen LogP contribution in [0.15, 0.2) is 71.4 Å². The molecule has 8 heteroatoms.